The first-order valence-corrected chi connectivity index (χ1v) is 7.99. The van der Waals surface area contributed by atoms with Crippen LogP contribution >= 0.6 is 0 Å². The van der Waals surface area contributed by atoms with Crippen molar-refractivity contribution in [1.82, 2.24) is 10.6 Å². The largest absolute Gasteiger partial charge is 0.490 e. The molecule has 0 radical (unpaired) electrons. The van der Waals surface area contributed by atoms with Crippen LogP contribution in [0.5, 0.6) is 11.5 Å². The molecule has 0 aromatic heterocycles. The molecule has 1 aromatic carbocycles. The minimum absolute atomic E-state index is 0.244. The van der Waals surface area contributed by atoms with Gasteiger partial charge in [-0.2, -0.15) is 0 Å². The number of amides is 4. The summed E-state index contributed by atoms with van der Waals surface area (Å²) in [4.78, 5) is 45.7. The van der Waals surface area contributed by atoms with Crippen LogP contribution in [0.15, 0.2) is 30.4 Å². The number of urea groups is 1. The molecule has 142 valence electrons. The topological polar surface area (TPSA) is 131 Å². The molecule has 0 unspecified atom stereocenters. The molecule has 1 saturated heterocycles. The number of ether oxygens (including phenoxy) is 2. The lowest BCUT2D eigenvalue weighted by molar-refractivity contribution is -0.139. The summed E-state index contributed by atoms with van der Waals surface area (Å²) in [7, 11) is 0. The molecule has 0 aliphatic carbocycles. The highest BCUT2D eigenvalue weighted by Gasteiger charge is 2.28. The fourth-order valence-corrected chi connectivity index (χ4v) is 2.41. The molecule has 3 N–H and O–H groups in total. The molecule has 1 aliphatic rings. The lowest BCUT2D eigenvalue weighted by Crippen LogP contribution is -2.51. The number of carboxylic acid groups (broad SMARTS) is 1. The third-order valence-corrected chi connectivity index (χ3v) is 3.41. The van der Waals surface area contributed by atoms with Crippen LogP contribution in [0.1, 0.15) is 18.1 Å². The van der Waals surface area contributed by atoms with E-state index < -0.39 is 30.4 Å². The Bertz CT molecular complexity index is 820. The van der Waals surface area contributed by atoms with Crippen molar-refractivity contribution in [2.24, 2.45) is 0 Å². The average Bonchev–Trinajstić information content (AvgIpc) is 2.57. The van der Waals surface area contributed by atoms with Gasteiger partial charge in [0.15, 0.2) is 18.1 Å². The van der Waals surface area contributed by atoms with Gasteiger partial charge in [-0.1, -0.05) is 6.08 Å². The Morgan fingerprint density at radius 3 is 2.41 bits per heavy atom. The minimum Gasteiger partial charge on any atom is -0.490 e. The van der Waals surface area contributed by atoms with Crippen LogP contribution in [0.25, 0.3) is 6.08 Å². The van der Waals surface area contributed by atoms with Crippen LogP contribution in [0.3, 0.4) is 0 Å². The van der Waals surface area contributed by atoms with E-state index in [9.17, 15) is 19.2 Å². The molecule has 0 spiro atoms. The summed E-state index contributed by atoms with van der Waals surface area (Å²) in [5.74, 6) is -2.28. The molecule has 9 heteroatoms. The number of carbonyl (C=O) groups excluding carboxylic acids is 3. The van der Waals surface area contributed by atoms with Crippen LogP contribution in [0, 0.1) is 0 Å². The molecular formula is C18H18N2O7. The fraction of sp³-hybridized carbons (Fsp3) is 0.222. The van der Waals surface area contributed by atoms with Crippen LogP contribution in [-0.2, 0) is 20.8 Å². The van der Waals surface area contributed by atoms with E-state index in [2.05, 4.69) is 6.58 Å². The normalized spacial score (nSPS) is 13.5. The number of hydrogen-bond donors (Lipinski definition) is 3. The third kappa shape index (κ3) is 4.94. The second-order valence-electron chi connectivity index (χ2n) is 5.41. The molecule has 1 fully saturated rings. The van der Waals surface area contributed by atoms with E-state index in [1.165, 1.54) is 12.1 Å². The predicted molar refractivity (Wildman–Crippen MR) is 94.3 cm³/mol. The van der Waals surface area contributed by atoms with E-state index >= 15 is 0 Å². The van der Waals surface area contributed by atoms with Crippen molar-refractivity contribution in [2.75, 3.05) is 13.2 Å². The molecule has 4 amide bonds. The highest BCUT2D eigenvalue weighted by molar-refractivity contribution is 6.31. The number of barbiturate groups is 1. The number of nitrogens with one attached hydrogen (secondary N) is 2. The van der Waals surface area contributed by atoms with Crippen molar-refractivity contribution in [1.29, 1.82) is 0 Å². The van der Waals surface area contributed by atoms with E-state index in [0.29, 0.717) is 17.5 Å². The van der Waals surface area contributed by atoms with Gasteiger partial charge >= 0.3 is 12.0 Å². The Kier molecular flexibility index (Phi) is 6.32. The van der Waals surface area contributed by atoms with E-state index in [0.717, 1.165) is 0 Å². The Hall–Kier alpha value is -3.62. The summed E-state index contributed by atoms with van der Waals surface area (Å²) < 4.78 is 10.9. The monoisotopic (exact) mass is 374 g/mol. The van der Waals surface area contributed by atoms with Crippen LogP contribution < -0.4 is 20.1 Å². The number of aliphatic carboxylic acids is 1. The summed E-state index contributed by atoms with van der Waals surface area (Å²) in [6.45, 7) is 5.12. The SMILES string of the molecule is C=CCc1cc(C=C2C(=O)NC(=O)NC2=O)cc(OCC)c1OCC(=O)O. The number of carboxylic acids is 1. The first-order chi connectivity index (χ1) is 12.8. The van der Waals surface area contributed by atoms with Gasteiger partial charge in [0.25, 0.3) is 11.8 Å². The van der Waals surface area contributed by atoms with E-state index in [4.69, 9.17) is 14.6 Å². The van der Waals surface area contributed by atoms with Gasteiger partial charge in [0.05, 0.1) is 6.61 Å². The fourth-order valence-electron chi connectivity index (χ4n) is 2.41. The maximum absolute atomic E-state index is 11.9. The molecule has 27 heavy (non-hydrogen) atoms. The Morgan fingerprint density at radius 1 is 1.19 bits per heavy atom. The molecule has 0 bridgehead atoms. The van der Waals surface area contributed by atoms with Gasteiger partial charge in [-0.05, 0) is 37.1 Å². The van der Waals surface area contributed by atoms with Crippen molar-refractivity contribution >= 4 is 29.9 Å². The highest BCUT2D eigenvalue weighted by Crippen LogP contribution is 2.34. The molecule has 0 saturated carbocycles. The van der Waals surface area contributed by atoms with Gasteiger partial charge in [0, 0.05) is 5.56 Å². The second kappa shape index (κ2) is 8.65. The van der Waals surface area contributed by atoms with Gasteiger partial charge in [-0.3, -0.25) is 20.2 Å². The first-order valence-electron chi connectivity index (χ1n) is 7.99. The number of benzene rings is 1. The Balaban J connectivity index is 2.50. The number of allylic oxidation sites excluding steroid dienone is 1. The van der Waals surface area contributed by atoms with Crippen LogP contribution in [0.2, 0.25) is 0 Å². The minimum atomic E-state index is -1.14. The van der Waals surface area contributed by atoms with E-state index in [1.54, 1.807) is 19.1 Å². The summed E-state index contributed by atoms with van der Waals surface area (Å²) >= 11 is 0. The summed E-state index contributed by atoms with van der Waals surface area (Å²) in [6, 6.07) is 2.24. The Labute approximate surface area is 154 Å². The zero-order valence-corrected chi connectivity index (χ0v) is 14.5. The number of hydrogen-bond acceptors (Lipinski definition) is 6. The maximum atomic E-state index is 11.9. The van der Waals surface area contributed by atoms with Gasteiger partial charge in [0.2, 0.25) is 0 Å². The molecule has 2 rings (SSSR count). The van der Waals surface area contributed by atoms with Gasteiger partial charge in [0.1, 0.15) is 5.57 Å². The number of rotatable bonds is 8. The van der Waals surface area contributed by atoms with Gasteiger partial charge in [-0.15, -0.1) is 6.58 Å². The van der Waals surface area contributed by atoms with Crippen LogP contribution in [-0.4, -0.2) is 42.1 Å². The van der Waals surface area contributed by atoms with Crippen molar-refractivity contribution in [3.63, 3.8) is 0 Å². The smallest absolute Gasteiger partial charge is 0.341 e. The van der Waals surface area contributed by atoms with Crippen molar-refractivity contribution < 1.29 is 33.8 Å². The Morgan fingerprint density at radius 2 is 1.85 bits per heavy atom. The highest BCUT2D eigenvalue weighted by atomic mass is 16.5. The molecular weight excluding hydrogens is 356 g/mol. The lowest BCUT2D eigenvalue weighted by atomic mass is 10.0. The molecule has 1 aromatic rings. The van der Waals surface area contributed by atoms with E-state index in [-0.39, 0.29) is 23.7 Å². The zero-order valence-electron chi connectivity index (χ0n) is 14.5. The number of imide groups is 2. The first kappa shape index (κ1) is 19.7. The van der Waals surface area contributed by atoms with Crippen molar-refractivity contribution in [3.8, 4) is 11.5 Å². The molecule has 1 aliphatic heterocycles. The maximum Gasteiger partial charge on any atom is 0.341 e. The van der Waals surface area contributed by atoms with Gasteiger partial charge in [-0.25, -0.2) is 9.59 Å². The van der Waals surface area contributed by atoms with E-state index in [1.807, 2.05) is 10.6 Å². The second-order valence-corrected chi connectivity index (χ2v) is 5.41. The lowest BCUT2D eigenvalue weighted by Gasteiger charge is -2.17. The summed E-state index contributed by atoms with van der Waals surface area (Å²) in [5.41, 5.74) is 0.755. The summed E-state index contributed by atoms with van der Waals surface area (Å²) in [6.07, 6.45) is 3.23. The van der Waals surface area contributed by atoms with Crippen molar-refractivity contribution in [3.05, 3.63) is 41.5 Å². The quantitative estimate of drug-likeness (QED) is 0.352. The molecule has 0 atom stereocenters. The number of carbonyl (C=O) groups is 4. The third-order valence-electron chi connectivity index (χ3n) is 3.41. The van der Waals surface area contributed by atoms with Crippen molar-refractivity contribution in [2.45, 2.75) is 13.3 Å². The van der Waals surface area contributed by atoms with Gasteiger partial charge < -0.3 is 14.6 Å². The standard InChI is InChI=1S/C18H18N2O7/c1-3-5-11-6-10(7-12-16(23)19-18(25)20-17(12)24)8-13(26-4-2)15(11)27-9-14(21)22/h3,6-8H,1,4-5,9H2,2H3,(H,21,22)(H2,19,20,23,24,25). The van der Waals surface area contributed by atoms with Crippen LogP contribution in [0.4, 0.5) is 4.79 Å². The average molecular weight is 374 g/mol. The zero-order chi connectivity index (χ0) is 20.0. The predicted octanol–water partition coefficient (Wildman–Crippen LogP) is 1.03. The molecule has 1 heterocycles. The summed E-state index contributed by atoms with van der Waals surface area (Å²) in [5, 5.41) is 12.8. The molecule has 9 nitrogen and oxygen atoms in total.